The molecule has 3 rings (SSSR count). The molecule has 2 N–H and O–H groups in total. The van der Waals surface area contributed by atoms with Crippen LogP contribution in [-0.2, 0) is 0 Å². The van der Waals surface area contributed by atoms with Gasteiger partial charge in [-0.2, -0.15) is 0 Å². The first-order valence-electron chi connectivity index (χ1n) is 8.59. The number of fused-ring (bicyclic) bond motifs is 1. The van der Waals surface area contributed by atoms with E-state index in [1.54, 1.807) is 23.2 Å². The Hall–Kier alpha value is -2.24. The Labute approximate surface area is 170 Å². The molecule has 1 aromatic carbocycles. The summed E-state index contributed by atoms with van der Waals surface area (Å²) in [6.07, 6.45) is 0. The largest absolute Gasteiger partial charge is 0.288 e. The van der Waals surface area contributed by atoms with Crippen molar-refractivity contribution in [1.82, 2.24) is 0 Å². The van der Waals surface area contributed by atoms with Gasteiger partial charge in [0.1, 0.15) is 16.7 Å². The van der Waals surface area contributed by atoms with Crippen molar-refractivity contribution >= 4 is 45.3 Å². The molecule has 0 bridgehead atoms. The lowest BCUT2D eigenvalue weighted by molar-refractivity contribution is 1.20. The van der Waals surface area contributed by atoms with Crippen LogP contribution in [0.15, 0.2) is 41.4 Å². The molecule has 4 nitrogen and oxygen atoms in total. The standard InChI is InChI=1S/C17H17ClN4S.C4H8/c1-9-10(2)23-17-15(9)16(12-4-6-13(18)7-5-12)21-8-14(20)22(17)11(3)19;1-4(2)3/h4-7,19-20H,8H2,1-3H3;1H2,2-3H3. The lowest BCUT2D eigenvalue weighted by atomic mass is 10.00. The maximum Gasteiger partial charge on any atom is 0.129 e. The van der Waals surface area contributed by atoms with E-state index in [0.717, 1.165) is 27.4 Å². The van der Waals surface area contributed by atoms with Gasteiger partial charge in [-0.3, -0.25) is 20.7 Å². The summed E-state index contributed by atoms with van der Waals surface area (Å²) in [7, 11) is 0. The van der Waals surface area contributed by atoms with Gasteiger partial charge in [0.2, 0.25) is 0 Å². The molecule has 0 amide bonds. The fourth-order valence-corrected chi connectivity index (χ4v) is 4.03. The number of halogens is 1. The molecule has 0 spiro atoms. The van der Waals surface area contributed by atoms with Crippen molar-refractivity contribution in [3.63, 3.8) is 0 Å². The lowest BCUT2D eigenvalue weighted by Gasteiger charge is -2.21. The Morgan fingerprint density at radius 1 is 1.19 bits per heavy atom. The average Bonchev–Trinajstić information content (AvgIpc) is 2.75. The SMILES string of the molecule is C=C(C)C.CC(=N)N1C(=N)CN=C(c2ccc(Cl)cc2)c2c1sc(C)c2C. The molecule has 0 saturated carbocycles. The zero-order valence-electron chi connectivity index (χ0n) is 16.4. The quantitative estimate of drug-likeness (QED) is 0.332. The Bertz CT molecular complexity index is 918. The fraction of sp³-hybridized carbons (Fsp3) is 0.286. The van der Waals surface area contributed by atoms with Crippen LogP contribution < -0.4 is 4.90 Å². The molecule has 0 unspecified atom stereocenters. The maximum absolute atomic E-state index is 8.28. The van der Waals surface area contributed by atoms with Crippen LogP contribution in [0.4, 0.5) is 5.00 Å². The first-order chi connectivity index (χ1) is 12.6. The summed E-state index contributed by atoms with van der Waals surface area (Å²) in [6.45, 7) is 13.6. The molecule has 0 saturated heterocycles. The van der Waals surface area contributed by atoms with E-state index in [1.807, 2.05) is 38.1 Å². The van der Waals surface area contributed by atoms with Gasteiger partial charge in [0, 0.05) is 21.0 Å². The highest BCUT2D eigenvalue weighted by molar-refractivity contribution is 7.17. The molecule has 27 heavy (non-hydrogen) atoms. The van der Waals surface area contributed by atoms with Crippen molar-refractivity contribution < 1.29 is 0 Å². The number of allylic oxidation sites excluding steroid dienone is 1. The first-order valence-corrected chi connectivity index (χ1v) is 9.78. The van der Waals surface area contributed by atoms with Gasteiger partial charge < -0.3 is 0 Å². The molecule has 6 heteroatoms. The van der Waals surface area contributed by atoms with Gasteiger partial charge in [-0.15, -0.1) is 17.9 Å². The second kappa shape index (κ2) is 8.63. The third-order valence-electron chi connectivity index (χ3n) is 3.92. The van der Waals surface area contributed by atoms with Crippen LogP contribution >= 0.6 is 22.9 Å². The minimum absolute atomic E-state index is 0.258. The van der Waals surface area contributed by atoms with Crippen molar-refractivity contribution in [2.75, 3.05) is 11.4 Å². The van der Waals surface area contributed by atoms with Gasteiger partial charge in [-0.25, -0.2) is 0 Å². The van der Waals surface area contributed by atoms with E-state index in [4.69, 9.17) is 22.4 Å². The van der Waals surface area contributed by atoms with Crippen molar-refractivity contribution in [2.45, 2.75) is 34.6 Å². The first kappa shape index (κ1) is 21.1. The van der Waals surface area contributed by atoms with Crippen molar-refractivity contribution in [2.24, 2.45) is 4.99 Å². The average molecular weight is 401 g/mol. The summed E-state index contributed by atoms with van der Waals surface area (Å²) in [6, 6.07) is 7.61. The highest BCUT2D eigenvalue weighted by atomic mass is 35.5. The van der Waals surface area contributed by atoms with E-state index >= 15 is 0 Å². The number of anilines is 1. The molecule has 142 valence electrons. The van der Waals surface area contributed by atoms with E-state index in [2.05, 4.69) is 25.4 Å². The van der Waals surface area contributed by atoms with Gasteiger partial charge in [-0.05, 0) is 52.3 Å². The fourth-order valence-electron chi connectivity index (χ4n) is 2.67. The molecule has 0 radical (unpaired) electrons. The Morgan fingerprint density at radius 2 is 1.74 bits per heavy atom. The van der Waals surface area contributed by atoms with Crippen molar-refractivity contribution in [3.05, 3.63) is 63.0 Å². The number of rotatable bonds is 1. The smallest absolute Gasteiger partial charge is 0.129 e. The third-order valence-corrected chi connectivity index (χ3v) is 5.36. The van der Waals surface area contributed by atoms with Crippen molar-refractivity contribution in [1.29, 1.82) is 10.8 Å². The van der Waals surface area contributed by atoms with Crippen LogP contribution in [-0.4, -0.2) is 23.9 Å². The summed E-state index contributed by atoms with van der Waals surface area (Å²) in [5, 5.41) is 17.9. The summed E-state index contributed by atoms with van der Waals surface area (Å²) >= 11 is 7.61. The number of aliphatic imine (C=N–C) groups is 1. The van der Waals surface area contributed by atoms with Crippen LogP contribution in [0.25, 0.3) is 0 Å². The highest BCUT2D eigenvalue weighted by Crippen LogP contribution is 2.38. The number of hydrogen-bond acceptors (Lipinski definition) is 4. The van der Waals surface area contributed by atoms with Crippen LogP contribution in [0, 0.1) is 24.7 Å². The zero-order chi connectivity index (χ0) is 20.3. The number of nitrogens with one attached hydrogen (secondary N) is 2. The molecule has 0 aliphatic carbocycles. The normalized spacial score (nSPS) is 13.2. The van der Waals surface area contributed by atoms with Crippen LogP contribution in [0.2, 0.25) is 5.02 Å². The van der Waals surface area contributed by atoms with E-state index in [-0.39, 0.29) is 6.54 Å². The molecule has 1 aliphatic rings. The van der Waals surface area contributed by atoms with Gasteiger partial charge in [0.05, 0.1) is 12.3 Å². The van der Waals surface area contributed by atoms with Crippen LogP contribution in [0.5, 0.6) is 0 Å². The van der Waals surface area contributed by atoms with Gasteiger partial charge in [0.15, 0.2) is 0 Å². The number of nitrogens with zero attached hydrogens (tertiary/aromatic N) is 2. The van der Waals surface area contributed by atoms with E-state index in [1.165, 1.54) is 10.5 Å². The van der Waals surface area contributed by atoms with Gasteiger partial charge >= 0.3 is 0 Å². The molecule has 2 heterocycles. The third kappa shape index (κ3) is 4.73. The summed E-state index contributed by atoms with van der Waals surface area (Å²) < 4.78 is 0. The lowest BCUT2D eigenvalue weighted by Crippen LogP contribution is -2.35. The molecule has 1 aliphatic heterocycles. The number of amidine groups is 2. The minimum Gasteiger partial charge on any atom is -0.288 e. The molecule has 2 aromatic rings. The zero-order valence-corrected chi connectivity index (χ0v) is 18.0. The second-order valence-electron chi connectivity index (χ2n) is 6.71. The molecule has 0 atom stereocenters. The predicted molar refractivity (Wildman–Crippen MR) is 120 cm³/mol. The second-order valence-corrected chi connectivity index (χ2v) is 8.35. The topological polar surface area (TPSA) is 63.3 Å². The minimum atomic E-state index is 0.258. The Morgan fingerprint density at radius 3 is 2.26 bits per heavy atom. The summed E-state index contributed by atoms with van der Waals surface area (Å²) in [5.74, 6) is 0.661. The molecular weight excluding hydrogens is 376 g/mol. The summed E-state index contributed by atoms with van der Waals surface area (Å²) in [5.41, 5.74) is 5.18. The summed E-state index contributed by atoms with van der Waals surface area (Å²) in [4.78, 5) is 7.53. The van der Waals surface area contributed by atoms with Gasteiger partial charge in [0.25, 0.3) is 0 Å². The molecule has 1 aromatic heterocycles. The number of benzene rings is 1. The van der Waals surface area contributed by atoms with E-state index < -0.39 is 0 Å². The predicted octanol–water partition coefficient (Wildman–Crippen LogP) is 6.23. The molecule has 0 fully saturated rings. The Balaban J connectivity index is 0.000000596. The van der Waals surface area contributed by atoms with E-state index in [0.29, 0.717) is 16.7 Å². The molecular formula is C21H25ClN4S. The number of hydrogen-bond donors (Lipinski definition) is 2. The van der Waals surface area contributed by atoms with E-state index in [9.17, 15) is 0 Å². The van der Waals surface area contributed by atoms with Gasteiger partial charge in [-0.1, -0.05) is 29.3 Å². The van der Waals surface area contributed by atoms with Crippen molar-refractivity contribution in [3.8, 4) is 0 Å². The van der Waals surface area contributed by atoms with Crippen LogP contribution in [0.1, 0.15) is 42.3 Å². The monoisotopic (exact) mass is 400 g/mol. The Kier molecular flexibility index (Phi) is 6.73. The maximum atomic E-state index is 8.28. The highest BCUT2D eigenvalue weighted by Gasteiger charge is 2.28. The number of aryl methyl sites for hydroxylation is 1. The van der Waals surface area contributed by atoms with Crippen LogP contribution in [0.3, 0.4) is 0 Å². The number of thiophene rings is 1.